The largest absolute Gasteiger partial charge is 0.322 e. The minimum atomic E-state index is -0.436. The van der Waals surface area contributed by atoms with Gasteiger partial charge >= 0.3 is 0 Å². The van der Waals surface area contributed by atoms with Gasteiger partial charge in [0.25, 0.3) is 5.56 Å². The molecule has 0 radical (unpaired) electrons. The summed E-state index contributed by atoms with van der Waals surface area (Å²) < 4.78 is 1.14. The fourth-order valence-electron chi connectivity index (χ4n) is 2.44. The Morgan fingerprint density at radius 2 is 1.71 bits per heavy atom. The van der Waals surface area contributed by atoms with E-state index >= 15 is 0 Å². The molecule has 1 amide bonds. The Balaban J connectivity index is 1.91. The van der Waals surface area contributed by atoms with Gasteiger partial charge < -0.3 is 5.32 Å². The fourth-order valence-corrected chi connectivity index (χ4v) is 2.94. The number of rotatable bonds is 3. The lowest BCUT2D eigenvalue weighted by Gasteiger charge is -2.11. The molecule has 1 aromatic heterocycles. The Kier molecular flexibility index (Phi) is 4.55. The van der Waals surface area contributed by atoms with Crippen LogP contribution in [0, 0.1) is 6.92 Å². The number of carbonyl (C=O) groups excluding carboxylic acids is 1. The zero-order chi connectivity index (χ0) is 17.3. The van der Waals surface area contributed by atoms with E-state index in [4.69, 9.17) is 23.2 Å². The maximum atomic E-state index is 12.5. The number of anilines is 1. The van der Waals surface area contributed by atoms with Gasteiger partial charge in [0.2, 0.25) is 5.91 Å². The number of amides is 1. The molecule has 5 nitrogen and oxygen atoms in total. The van der Waals surface area contributed by atoms with Crippen LogP contribution in [0.1, 0.15) is 5.69 Å². The zero-order valence-corrected chi connectivity index (χ0v) is 14.2. The average Bonchev–Trinajstić information content (AvgIpc) is 2.56. The summed E-state index contributed by atoms with van der Waals surface area (Å²) in [6.45, 7) is 1.56. The van der Waals surface area contributed by atoms with Gasteiger partial charge in [-0.2, -0.15) is 5.10 Å². The van der Waals surface area contributed by atoms with E-state index in [-0.39, 0.29) is 12.1 Å². The first-order chi connectivity index (χ1) is 11.5. The third-order valence-corrected chi connectivity index (χ3v) is 4.20. The van der Waals surface area contributed by atoms with Crippen molar-refractivity contribution >= 4 is 45.6 Å². The molecular weight excluding hydrogens is 349 g/mol. The summed E-state index contributed by atoms with van der Waals surface area (Å²) in [5, 5.41) is 8.77. The van der Waals surface area contributed by atoms with Gasteiger partial charge in [0.05, 0.1) is 26.8 Å². The monoisotopic (exact) mass is 361 g/mol. The second kappa shape index (κ2) is 6.63. The molecule has 0 unspecified atom stereocenters. The van der Waals surface area contributed by atoms with Gasteiger partial charge in [0, 0.05) is 5.39 Å². The molecule has 7 heteroatoms. The topological polar surface area (TPSA) is 64.0 Å². The predicted octanol–water partition coefficient (Wildman–Crippen LogP) is 3.65. The molecule has 3 rings (SSSR count). The Labute approximate surface area is 147 Å². The summed E-state index contributed by atoms with van der Waals surface area (Å²) in [7, 11) is 0. The highest BCUT2D eigenvalue weighted by Gasteiger charge is 2.13. The van der Waals surface area contributed by atoms with E-state index in [2.05, 4.69) is 10.4 Å². The SMILES string of the molecule is Cc1nn(CC(=O)Nc2c(Cl)cccc2Cl)c(=O)c2ccccc12. The van der Waals surface area contributed by atoms with Crippen molar-refractivity contribution in [2.45, 2.75) is 13.5 Å². The number of carbonyl (C=O) groups is 1. The summed E-state index contributed by atoms with van der Waals surface area (Å²) in [4.78, 5) is 24.7. The molecule has 1 N–H and O–H groups in total. The average molecular weight is 362 g/mol. The van der Waals surface area contributed by atoms with E-state index < -0.39 is 5.91 Å². The van der Waals surface area contributed by atoms with Crippen molar-refractivity contribution < 1.29 is 4.79 Å². The van der Waals surface area contributed by atoms with Crippen LogP contribution in [0.4, 0.5) is 5.69 Å². The molecule has 3 aromatic rings. The summed E-state index contributed by atoms with van der Waals surface area (Å²) in [6.07, 6.45) is 0. The predicted molar refractivity (Wildman–Crippen MR) is 95.8 cm³/mol. The summed E-state index contributed by atoms with van der Waals surface area (Å²) in [5.74, 6) is -0.436. The molecule has 24 heavy (non-hydrogen) atoms. The van der Waals surface area contributed by atoms with Gasteiger partial charge in [-0.25, -0.2) is 4.68 Å². The molecule has 0 atom stereocenters. The highest BCUT2D eigenvalue weighted by Crippen LogP contribution is 2.29. The normalized spacial score (nSPS) is 10.8. The summed E-state index contributed by atoms with van der Waals surface area (Å²) in [6, 6.07) is 12.1. The van der Waals surface area contributed by atoms with E-state index in [1.165, 1.54) is 0 Å². The van der Waals surface area contributed by atoms with Crippen LogP contribution >= 0.6 is 23.2 Å². The van der Waals surface area contributed by atoms with Crippen molar-refractivity contribution in [3.05, 3.63) is 68.6 Å². The number of fused-ring (bicyclic) bond motifs is 1. The standard InChI is InChI=1S/C17H13Cl2N3O2/c1-10-11-5-2-3-6-12(11)17(24)22(21-10)9-15(23)20-16-13(18)7-4-8-14(16)19/h2-8H,9H2,1H3,(H,20,23). The van der Waals surface area contributed by atoms with Crippen molar-refractivity contribution in [3.8, 4) is 0 Å². The van der Waals surface area contributed by atoms with Crippen LogP contribution in [-0.2, 0) is 11.3 Å². The third-order valence-electron chi connectivity index (χ3n) is 3.57. The molecule has 2 aromatic carbocycles. The lowest BCUT2D eigenvalue weighted by atomic mass is 10.1. The number of halogens is 2. The van der Waals surface area contributed by atoms with Gasteiger partial charge in [0.1, 0.15) is 6.54 Å². The fraction of sp³-hybridized carbons (Fsp3) is 0.118. The highest BCUT2D eigenvalue weighted by molar-refractivity contribution is 6.39. The first kappa shape index (κ1) is 16.5. The Hall–Kier alpha value is -2.37. The van der Waals surface area contributed by atoms with Gasteiger partial charge in [-0.3, -0.25) is 9.59 Å². The van der Waals surface area contributed by atoms with Crippen LogP contribution < -0.4 is 10.9 Å². The molecule has 0 fully saturated rings. The molecule has 122 valence electrons. The van der Waals surface area contributed by atoms with Crippen LogP contribution in [0.3, 0.4) is 0 Å². The quantitative estimate of drug-likeness (QED) is 0.774. The van der Waals surface area contributed by atoms with E-state index in [0.29, 0.717) is 26.8 Å². The second-order valence-corrected chi connectivity index (χ2v) is 6.05. The molecule has 0 spiro atoms. The maximum Gasteiger partial charge on any atom is 0.275 e. The van der Waals surface area contributed by atoms with Crippen LogP contribution in [0.5, 0.6) is 0 Å². The number of hydrogen-bond donors (Lipinski definition) is 1. The van der Waals surface area contributed by atoms with Gasteiger partial charge in [-0.15, -0.1) is 0 Å². The second-order valence-electron chi connectivity index (χ2n) is 5.24. The first-order valence-corrected chi connectivity index (χ1v) is 7.93. The van der Waals surface area contributed by atoms with E-state index in [0.717, 1.165) is 10.1 Å². The Morgan fingerprint density at radius 1 is 1.08 bits per heavy atom. The minimum absolute atomic E-state index is 0.230. The van der Waals surface area contributed by atoms with Gasteiger partial charge in [-0.1, -0.05) is 47.5 Å². The first-order valence-electron chi connectivity index (χ1n) is 7.17. The Morgan fingerprint density at radius 3 is 2.38 bits per heavy atom. The number of benzene rings is 2. The van der Waals surface area contributed by atoms with Gasteiger partial charge in [0.15, 0.2) is 0 Å². The molecule has 0 saturated carbocycles. The Bertz CT molecular complexity index is 979. The van der Waals surface area contributed by atoms with Crippen LogP contribution in [0.2, 0.25) is 10.0 Å². The number of nitrogens with one attached hydrogen (secondary N) is 1. The number of para-hydroxylation sites is 1. The lowest BCUT2D eigenvalue weighted by molar-refractivity contribution is -0.117. The smallest absolute Gasteiger partial charge is 0.275 e. The van der Waals surface area contributed by atoms with Crippen LogP contribution in [0.15, 0.2) is 47.3 Å². The third kappa shape index (κ3) is 3.13. The minimum Gasteiger partial charge on any atom is -0.322 e. The molecule has 0 bridgehead atoms. The van der Waals surface area contributed by atoms with E-state index in [1.54, 1.807) is 37.3 Å². The van der Waals surface area contributed by atoms with E-state index in [9.17, 15) is 9.59 Å². The van der Waals surface area contributed by atoms with Crippen molar-refractivity contribution in [1.82, 2.24) is 9.78 Å². The van der Waals surface area contributed by atoms with Crippen molar-refractivity contribution in [1.29, 1.82) is 0 Å². The zero-order valence-electron chi connectivity index (χ0n) is 12.7. The molecule has 0 saturated heterocycles. The number of aryl methyl sites for hydroxylation is 1. The highest BCUT2D eigenvalue weighted by atomic mass is 35.5. The van der Waals surface area contributed by atoms with Crippen LogP contribution in [0.25, 0.3) is 10.8 Å². The molecule has 1 heterocycles. The van der Waals surface area contributed by atoms with Crippen molar-refractivity contribution in [2.24, 2.45) is 0 Å². The van der Waals surface area contributed by atoms with Crippen molar-refractivity contribution in [2.75, 3.05) is 5.32 Å². The maximum absolute atomic E-state index is 12.5. The number of hydrogen-bond acceptors (Lipinski definition) is 3. The summed E-state index contributed by atoms with van der Waals surface area (Å²) in [5.41, 5.74) is 0.668. The number of nitrogens with zero attached hydrogens (tertiary/aromatic N) is 2. The van der Waals surface area contributed by atoms with E-state index in [1.807, 2.05) is 12.1 Å². The van der Waals surface area contributed by atoms with Crippen LogP contribution in [-0.4, -0.2) is 15.7 Å². The van der Waals surface area contributed by atoms with Gasteiger partial charge in [-0.05, 0) is 25.1 Å². The molecule has 0 aliphatic carbocycles. The summed E-state index contributed by atoms with van der Waals surface area (Å²) >= 11 is 12.1. The number of aromatic nitrogens is 2. The molecule has 0 aliphatic rings. The molecule has 0 aliphatic heterocycles. The molecular formula is C17H13Cl2N3O2. The lowest BCUT2D eigenvalue weighted by Crippen LogP contribution is -2.30. The van der Waals surface area contributed by atoms with Crippen molar-refractivity contribution in [3.63, 3.8) is 0 Å².